The number of nitrogens with two attached hydrogens (primary N) is 2. The minimum absolute atomic E-state index is 0.573. The molecule has 0 spiro atoms. The van der Waals surface area contributed by atoms with Crippen molar-refractivity contribution in [3.8, 4) is 5.75 Å². The first-order valence-electron chi connectivity index (χ1n) is 5.40. The van der Waals surface area contributed by atoms with Gasteiger partial charge in [0.15, 0.2) is 0 Å². The summed E-state index contributed by atoms with van der Waals surface area (Å²) >= 11 is 0. The quantitative estimate of drug-likeness (QED) is 0.639. The van der Waals surface area contributed by atoms with E-state index in [1.807, 2.05) is 0 Å². The molecular weight excluding hydrogens is 228 g/mol. The van der Waals surface area contributed by atoms with Crippen molar-refractivity contribution in [3.05, 3.63) is 42.5 Å². The molecule has 5 nitrogen and oxygen atoms in total. The van der Waals surface area contributed by atoms with Gasteiger partial charge < -0.3 is 16.2 Å². The van der Waals surface area contributed by atoms with Gasteiger partial charge in [-0.25, -0.2) is 0 Å². The molecule has 0 amide bonds. The van der Waals surface area contributed by atoms with Crippen molar-refractivity contribution in [1.82, 2.24) is 0 Å². The Bertz CT molecular complexity index is 564. The molecule has 0 unspecified atom stereocenters. The Kier molecular flexibility index (Phi) is 3.43. The van der Waals surface area contributed by atoms with E-state index >= 15 is 0 Å². The maximum Gasteiger partial charge on any atom is 0.143 e. The molecule has 18 heavy (non-hydrogen) atoms. The van der Waals surface area contributed by atoms with Crippen molar-refractivity contribution in [2.24, 2.45) is 10.2 Å². The van der Waals surface area contributed by atoms with Crippen LogP contribution in [0, 0.1) is 0 Å². The van der Waals surface area contributed by atoms with E-state index in [1.54, 1.807) is 49.6 Å². The van der Waals surface area contributed by atoms with Crippen LogP contribution >= 0.6 is 0 Å². The third kappa shape index (κ3) is 2.76. The molecule has 2 aromatic rings. The van der Waals surface area contributed by atoms with Gasteiger partial charge in [0.05, 0.1) is 24.2 Å². The van der Waals surface area contributed by atoms with Crippen molar-refractivity contribution in [2.75, 3.05) is 18.6 Å². The monoisotopic (exact) mass is 242 g/mol. The molecule has 2 aromatic carbocycles. The number of benzene rings is 2. The van der Waals surface area contributed by atoms with Gasteiger partial charge in [-0.2, -0.15) is 10.2 Å². The Balaban J connectivity index is 2.20. The van der Waals surface area contributed by atoms with Crippen molar-refractivity contribution in [3.63, 3.8) is 0 Å². The van der Waals surface area contributed by atoms with Crippen LogP contribution in [0.2, 0.25) is 0 Å². The molecular formula is C13H14N4O. The standard InChI is InChI=1S/C13H14N4O/c1-18-13-8-11(6-7-12(13)15)17-16-10-4-2-9(14)3-5-10/h2-8H,14-15H2,1H3. The molecule has 0 atom stereocenters. The molecule has 0 saturated carbocycles. The fourth-order valence-electron chi connectivity index (χ4n) is 1.42. The second-order valence-corrected chi connectivity index (χ2v) is 3.72. The maximum absolute atomic E-state index is 5.71. The Hall–Kier alpha value is -2.56. The van der Waals surface area contributed by atoms with Crippen LogP contribution in [0.1, 0.15) is 0 Å². The first-order chi connectivity index (χ1) is 8.69. The number of nitrogens with zero attached hydrogens (tertiary/aromatic N) is 2. The van der Waals surface area contributed by atoms with Crippen molar-refractivity contribution in [2.45, 2.75) is 0 Å². The number of anilines is 2. The molecule has 5 heteroatoms. The van der Waals surface area contributed by atoms with E-state index in [1.165, 1.54) is 0 Å². The van der Waals surface area contributed by atoms with Gasteiger partial charge in [-0.15, -0.1) is 0 Å². The molecule has 0 bridgehead atoms. The molecule has 0 saturated heterocycles. The molecule has 2 rings (SSSR count). The highest BCUT2D eigenvalue weighted by Gasteiger charge is 1.99. The van der Waals surface area contributed by atoms with Gasteiger partial charge in [-0.1, -0.05) is 0 Å². The number of rotatable bonds is 3. The van der Waals surface area contributed by atoms with Crippen LogP contribution in [-0.2, 0) is 0 Å². The summed E-state index contributed by atoms with van der Waals surface area (Å²) in [6.07, 6.45) is 0. The van der Waals surface area contributed by atoms with Gasteiger partial charge in [-0.05, 0) is 36.4 Å². The summed E-state index contributed by atoms with van der Waals surface area (Å²) in [7, 11) is 1.56. The summed E-state index contributed by atoms with van der Waals surface area (Å²) in [4.78, 5) is 0. The molecule has 0 fully saturated rings. The molecule has 0 aliphatic carbocycles. The highest BCUT2D eigenvalue weighted by molar-refractivity contribution is 5.59. The van der Waals surface area contributed by atoms with Gasteiger partial charge >= 0.3 is 0 Å². The van der Waals surface area contributed by atoms with E-state index in [2.05, 4.69) is 10.2 Å². The summed E-state index contributed by atoms with van der Waals surface area (Å²) in [5.74, 6) is 0.587. The highest BCUT2D eigenvalue weighted by atomic mass is 16.5. The van der Waals surface area contributed by atoms with E-state index in [9.17, 15) is 0 Å². The van der Waals surface area contributed by atoms with Crippen molar-refractivity contribution >= 4 is 22.7 Å². The van der Waals surface area contributed by atoms with Gasteiger partial charge in [0, 0.05) is 11.8 Å². The van der Waals surface area contributed by atoms with Crippen LogP contribution < -0.4 is 16.2 Å². The third-order valence-electron chi connectivity index (χ3n) is 2.39. The van der Waals surface area contributed by atoms with Gasteiger partial charge in [0.2, 0.25) is 0 Å². The average molecular weight is 242 g/mol. The molecule has 0 aliphatic heterocycles. The number of nitrogen functional groups attached to an aromatic ring is 2. The number of hydrogen-bond donors (Lipinski definition) is 2. The lowest BCUT2D eigenvalue weighted by Crippen LogP contribution is -1.90. The van der Waals surface area contributed by atoms with Crippen LogP contribution in [0.4, 0.5) is 22.7 Å². The average Bonchev–Trinajstić information content (AvgIpc) is 2.39. The Labute approximate surface area is 105 Å². The summed E-state index contributed by atoms with van der Waals surface area (Å²) in [5, 5.41) is 8.20. The lowest BCUT2D eigenvalue weighted by atomic mass is 10.2. The lowest BCUT2D eigenvalue weighted by Gasteiger charge is -2.03. The summed E-state index contributed by atoms with van der Waals surface area (Å²) < 4.78 is 5.11. The predicted octanol–water partition coefficient (Wildman–Crippen LogP) is 3.28. The summed E-state index contributed by atoms with van der Waals surface area (Å²) in [6.45, 7) is 0. The minimum Gasteiger partial charge on any atom is -0.495 e. The van der Waals surface area contributed by atoms with E-state index < -0.39 is 0 Å². The second kappa shape index (κ2) is 5.18. The van der Waals surface area contributed by atoms with Crippen LogP contribution in [0.3, 0.4) is 0 Å². The number of ether oxygens (including phenoxy) is 1. The lowest BCUT2D eigenvalue weighted by molar-refractivity contribution is 0.417. The van der Waals surface area contributed by atoms with Gasteiger partial charge in [0.25, 0.3) is 0 Å². The zero-order valence-corrected chi connectivity index (χ0v) is 10.00. The Morgan fingerprint density at radius 3 is 2.17 bits per heavy atom. The van der Waals surface area contributed by atoms with E-state index in [0.717, 1.165) is 5.69 Å². The van der Waals surface area contributed by atoms with Gasteiger partial charge in [0.1, 0.15) is 5.75 Å². The van der Waals surface area contributed by atoms with E-state index in [0.29, 0.717) is 22.8 Å². The predicted molar refractivity (Wildman–Crippen MR) is 72.4 cm³/mol. The Morgan fingerprint density at radius 1 is 0.889 bits per heavy atom. The zero-order valence-electron chi connectivity index (χ0n) is 10.00. The largest absolute Gasteiger partial charge is 0.495 e. The smallest absolute Gasteiger partial charge is 0.143 e. The first kappa shape index (κ1) is 11.9. The topological polar surface area (TPSA) is 86.0 Å². The van der Waals surface area contributed by atoms with Crippen LogP contribution in [0.25, 0.3) is 0 Å². The first-order valence-corrected chi connectivity index (χ1v) is 5.40. The van der Waals surface area contributed by atoms with Crippen molar-refractivity contribution in [1.29, 1.82) is 0 Å². The molecule has 0 aliphatic rings. The highest BCUT2D eigenvalue weighted by Crippen LogP contribution is 2.28. The van der Waals surface area contributed by atoms with Crippen LogP contribution in [0.5, 0.6) is 5.75 Å². The summed E-state index contributed by atoms with van der Waals surface area (Å²) in [6, 6.07) is 12.4. The fraction of sp³-hybridized carbons (Fsp3) is 0.0769. The van der Waals surface area contributed by atoms with Crippen LogP contribution in [-0.4, -0.2) is 7.11 Å². The minimum atomic E-state index is 0.573. The molecule has 0 aromatic heterocycles. The van der Waals surface area contributed by atoms with Crippen molar-refractivity contribution < 1.29 is 4.74 Å². The Morgan fingerprint density at radius 2 is 1.50 bits per heavy atom. The number of hydrogen-bond acceptors (Lipinski definition) is 5. The second-order valence-electron chi connectivity index (χ2n) is 3.72. The van der Waals surface area contributed by atoms with Gasteiger partial charge in [-0.3, -0.25) is 0 Å². The normalized spacial score (nSPS) is 10.7. The maximum atomic E-state index is 5.71. The molecule has 92 valence electrons. The van der Waals surface area contributed by atoms with Crippen LogP contribution in [0.15, 0.2) is 52.7 Å². The fourth-order valence-corrected chi connectivity index (χ4v) is 1.42. The van der Waals surface area contributed by atoms with E-state index in [-0.39, 0.29) is 0 Å². The molecule has 0 radical (unpaired) electrons. The number of methoxy groups -OCH3 is 1. The SMILES string of the molecule is COc1cc(N=Nc2ccc(N)cc2)ccc1N. The third-order valence-corrected chi connectivity index (χ3v) is 2.39. The molecule has 0 heterocycles. The van der Waals surface area contributed by atoms with E-state index in [4.69, 9.17) is 16.2 Å². The zero-order chi connectivity index (χ0) is 13.0. The number of azo groups is 1. The molecule has 4 N–H and O–H groups in total. The summed E-state index contributed by atoms with van der Waals surface area (Å²) in [5.41, 5.74) is 14.0.